The molecule has 0 bridgehead atoms. The molecule has 30 heavy (non-hydrogen) atoms. The van der Waals surface area contributed by atoms with Crippen LogP contribution in [0.1, 0.15) is 35.7 Å². The highest BCUT2D eigenvalue weighted by Gasteiger charge is 2.31. The zero-order chi connectivity index (χ0) is 21.3. The highest BCUT2D eigenvalue weighted by Crippen LogP contribution is 2.33. The van der Waals surface area contributed by atoms with Crippen LogP contribution in [0, 0.1) is 10.1 Å². The lowest BCUT2D eigenvalue weighted by atomic mass is 10.1. The van der Waals surface area contributed by atoms with Gasteiger partial charge in [-0.15, -0.1) is 0 Å². The van der Waals surface area contributed by atoms with Crippen LogP contribution in [0.15, 0.2) is 42.5 Å². The van der Waals surface area contributed by atoms with Crippen molar-refractivity contribution >= 4 is 28.9 Å². The molecule has 0 unspecified atom stereocenters. The molecule has 1 amide bonds. The van der Waals surface area contributed by atoms with Gasteiger partial charge in [-0.1, -0.05) is 18.2 Å². The van der Waals surface area contributed by atoms with Crippen LogP contribution in [0.2, 0.25) is 0 Å². The fourth-order valence-electron chi connectivity index (χ4n) is 4.25. The maximum atomic E-state index is 12.7. The predicted octanol–water partition coefficient (Wildman–Crippen LogP) is 3.33. The minimum Gasteiger partial charge on any atom is -0.452 e. The van der Waals surface area contributed by atoms with E-state index in [1.807, 2.05) is 36.1 Å². The maximum Gasteiger partial charge on any atom is 0.338 e. The van der Waals surface area contributed by atoms with Crippen molar-refractivity contribution in [3.8, 4) is 0 Å². The zero-order valence-corrected chi connectivity index (χ0v) is 16.7. The Morgan fingerprint density at radius 3 is 2.60 bits per heavy atom. The Bertz CT molecular complexity index is 1000. The van der Waals surface area contributed by atoms with Crippen molar-refractivity contribution in [3.63, 3.8) is 0 Å². The predicted molar refractivity (Wildman–Crippen MR) is 112 cm³/mol. The summed E-state index contributed by atoms with van der Waals surface area (Å²) in [6.45, 7) is 3.04. The molecule has 0 aliphatic carbocycles. The quantitative estimate of drug-likeness (QED) is 0.427. The molecule has 4 rings (SSSR count). The van der Waals surface area contributed by atoms with Crippen molar-refractivity contribution in [1.82, 2.24) is 0 Å². The summed E-state index contributed by atoms with van der Waals surface area (Å²) in [6.07, 6.45) is 2.72. The van der Waals surface area contributed by atoms with Crippen LogP contribution in [0.4, 0.5) is 17.1 Å². The Hall–Kier alpha value is -3.42. The lowest BCUT2D eigenvalue weighted by Crippen LogP contribution is -2.38. The van der Waals surface area contributed by atoms with E-state index >= 15 is 0 Å². The van der Waals surface area contributed by atoms with Gasteiger partial charge in [0.1, 0.15) is 5.69 Å². The molecule has 2 heterocycles. The van der Waals surface area contributed by atoms with Gasteiger partial charge in [-0.3, -0.25) is 14.9 Å². The van der Waals surface area contributed by atoms with Crippen LogP contribution < -0.4 is 9.80 Å². The van der Waals surface area contributed by atoms with Gasteiger partial charge in [0.25, 0.3) is 11.6 Å². The topological polar surface area (TPSA) is 93.0 Å². The number of benzene rings is 2. The first kappa shape index (κ1) is 19.9. The minimum absolute atomic E-state index is 0.0190. The molecule has 1 fully saturated rings. The van der Waals surface area contributed by atoms with Crippen molar-refractivity contribution in [2.24, 2.45) is 0 Å². The Morgan fingerprint density at radius 2 is 1.87 bits per heavy atom. The van der Waals surface area contributed by atoms with Crippen LogP contribution in [0.3, 0.4) is 0 Å². The van der Waals surface area contributed by atoms with Crippen molar-refractivity contribution in [1.29, 1.82) is 0 Å². The molecular weight excluding hydrogens is 386 g/mol. The molecule has 2 aliphatic heterocycles. The number of para-hydroxylation sites is 1. The fraction of sp³-hybridized carbons (Fsp3) is 0.364. The van der Waals surface area contributed by atoms with Crippen LogP contribution >= 0.6 is 0 Å². The third kappa shape index (κ3) is 3.72. The normalized spacial score (nSPS) is 17.7. The Balaban J connectivity index is 1.46. The van der Waals surface area contributed by atoms with E-state index in [1.165, 1.54) is 12.1 Å². The van der Waals surface area contributed by atoms with E-state index < -0.39 is 17.5 Å². The van der Waals surface area contributed by atoms with Crippen LogP contribution in [-0.2, 0) is 16.0 Å². The van der Waals surface area contributed by atoms with Gasteiger partial charge >= 0.3 is 5.97 Å². The highest BCUT2D eigenvalue weighted by atomic mass is 16.6. The lowest BCUT2D eigenvalue weighted by molar-refractivity contribution is -0.384. The number of ether oxygens (including phenoxy) is 1. The van der Waals surface area contributed by atoms with E-state index in [-0.39, 0.29) is 23.2 Å². The summed E-state index contributed by atoms with van der Waals surface area (Å²) in [5, 5.41) is 11.5. The maximum absolute atomic E-state index is 12.7. The number of hydrogen-bond donors (Lipinski definition) is 0. The second kappa shape index (κ2) is 8.14. The summed E-state index contributed by atoms with van der Waals surface area (Å²) in [7, 11) is 0. The SMILES string of the molecule is C[C@H]1Cc2ccccc2N1C(=O)COC(=O)c1ccc(N2CCCC2)c([N+](=O)[O-])c1. The Kier molecular flexibility index (Phi) is 5.39. The molecule has 1 atom stereocenters. The molecular formula is C22H23N3O5. The second-order valence-corrected chi connectivity index (χ2v) is 7.68. The summed E-state index contributed by atoms with van der Waals surface area (Å²) in [5.74, 6) is -1.07. The number of nitrogens with zero attached hydrogens (tertiary/aromatic N) is 3. The monoisotopic (exact) mass is 409 g/mol. The van der Waals surface area contributed by atoms with Crippen molar-refractivity contribution in [2.75, 3.05) is 29.5 Å². The van der Waals surface area contributed by atoms with E-state index in [0.717, 1.165) is 43.6 Å². The molecule has 0 aromatic heterocycles. The number of anilines is 2. The second-order valence-electron chi connectivity index (χ2n) is 7.68. The van der Waals surface area contributed by atoms with Crippen molar-refractivity contribution < 1.29 is 19.2 Å². The standard InChI is InChI=1S/C22H23N3O5/c1-15-12-16-6-2-3-7-18(16)24(15)21(26)14-30-22(27)17-8-9-19(20(13-17)25(28)29)23-10-4-5-11-23/h2-3,6-9,13,15H,4-5,10-12,14H2,1H3/t15-/m0/s1. The van der Waals surface area contributed by atoms with E-state index in [0.29, 0.717) is 5.69 Å². The van der Waals surface area contributed by atoms with Crippen LogP contribution in [0.5, 0.6) is 0 Å². The van der Waals surface area contributed by atoms with E-state index in [4.69, 9.17) is 4.74 Å². The molecule has 0 radical (unpaired) electrons. The third-order valence-electron chi connectivity index (χ3n) is 5.66. The summed E-state index contributed by atoms with van der Waals surface area (Å²) >= 11 is 0. The van der Waals surface area contributed by atoms with Crippen LogP contribution in [-0.4, -0.2) is 42.5 Å². The number of nitro benzene ring substituents is 1. The van der Waals surface area contributed by atoms with Gasteiger partial charge < -0.3 is 14.5 Å². The van der Waals surface area contributed by atoms with E-state index in [2.05, 4.69) is 0 Å². The minimum atomic E-state index is -0.750. The molecule has 0 spiro atoms. The Morgan fingerprint density at radius 1 is 1.13 bits per heavy atom. The molecule has 2 aliphatic rings. The molecule has 2 aromatic rings. The summed E-state index contributed by atoms with van der Waals surface area (Å²) in [5.41, 5.74) is 2.36. The van der Waals surface area contributed by atoms with Crippen molar-refractivity contribution in [3.05, 3.63) is 63.7 Å². The van der Waals surface area contributed by atoms with E-state index in [1.54, 1.807) is 11.0 Å². The summed E-state index contributed by atoms with van der Waals surface area (Å²) < 4.78 is 5.20. The van der Waals surface area contributed by atoms with Gasteiger partial charge in [0.05, 0.1) is 10.5 Å². The largest absolute Gasteiger partial charge is 0.452 e. The van der Waals surface area contributed by atoms with E-state index in [9.17, 15) is 19.7 Å². The number of fused-ring (bicyclic) bond motifs is 1. The summed E-state index contributed by atoms with van der Waals surface area (Å²) in [6, 6.07) is 12.0. The molecule has 0 N–H and O–H groups in total. The van der Waals surface area contributed by atoms with Gasteiger partial charge in [-0.05, 0) is 49.9 Å². The van der Waals surface area contributed by atoms with Gasteiger partial charge in [0.2, 0.25) is 0 Å². The first-order valence-electron chi connectivity index (χ1n) is 10.1. The number of carbonyl (C=O) groups excluding carboxylic acids is 2. The number of amides is 1. The average molecular weight is 409 g/mol. The fourth-order valence-corrected chi connectivity index (χ4v) is 4.25. The highest BCUT2D eigenvalue weighted by molar-refractivity contribution is 5.99. The number of nitro groups is 1. The number of hydrogen-bond acceptors (Lipinski definition) is 6. The molecule has 8 heteroatoms. The molecule has 2 aromatic carbocycles. The van der Waals surface area contributed by atoms with Gasteiger partial charge in [-0.25, -0.2) is 4.79 Å². The van der Waals surface area contributed by atoms with Gasteiger partial charge in [0, 0.05) is 30.9 Å². The first-order chi connectivity index (χ1) is 14.5. The lowest BCUT2D eigenvalue weighted by Gasteiger charge is -2.22. The molecule has 1 saturated heterocycles. The zero-order valence-electron chi connectivity index (χ0n) is 16.7. The molecule has 0 saturated carbocycles. The molecule has 156 valence electrons. The number of carbonyl (C=O) groups is 2. The third-order valence-corrected chi connectivity index (χ3v) is 5.66. The Labute approximate surface area is 174 Å². The molecule has 8 nitrogen and oxygen atoms in total. The smallest absolute Gasteiger partial charge is 0.338 e. The van der Waals surface area contributed by atoms with Gasteiger partial charge in [-0.2, -0.15) is 0 Å². The number of rotatable bonds is 5. The first-order valence-corrected chi connectivity index (χ1v) is 10.1. The summed E-state index contributed by atoms with van der Waals surface area (Å²) in [4.78, 5) is 39.8. The van der Waals surface area contributed by atoms with Crippen LogP contribution in [0.25, 0.3) is 0 Å². The van der Waals surface area contributed by atoms with Gasteiger partial charge in [0.15, 0.2) is 6.61 Å². The average Bonchev–Trinajstić information content (AvgIpc) is 3.38. The van der Waals surface area contributed by atoms with Crippen molar-refractivity contribution in [2.45, 2.75) is 32.2 Å². The number of esters is 1.